The van der Waals surface area contributed by atoms with Crippen LogP contribution in [0.25, 0.3) is 0 Å². The molecule has 0 radical (unpaired) electrons. The first-order valence-electron chi connectivity index (χ1n) is 5.93. The van der Waals surface area contributed by atoms with Gasteiger partial charge in [0.15, 0.2) is 0 Å². The van der Waals surface area contributed by atoms with Gasteiger partial charge in [0.1, 0.15) is 12.4 Å². The van der Waals surface area contributed by atoms with Crippen LogP contribution in [0.15, 0.2) is 30.3 Å². The average Bonchev–Trinajstić information content (AvgIpc) is 2.35. The van der Waals surface area contributed by atoms with E-state index in [-0.39, 0.29) is 24.8 Å². The molecule has 1 rings (SSSR count). The van der Waals surface area contributed by atoms with Crippen LogP contribution in [-0.2, 0) is 20.9 Å². The van der Waals surface area contributed by atoms with Gasteiger partial charge in [-0.1, -0.05) is 37.3 Å². The highest BCUT2D eigenvalue weighted by atomic mass is 16.5. The van der Waals surface area contributed by atoms with Crippen LogP contribution in [0.3, 0.4) is 0 Å². The van der Waals surface area contributed by atoms with E-state index in [0.29, 0.717) is 12.8 Å². The molecule has 0 amide bonds. The second kappa shape index (κ2) is 7.60. The fourth-order valence-electron chi connectivity index (χ4n) is 1.46. The number of carbonyl (C=O) groups excluding carboxylic acids is 2. The Morgan fingerprint density at radius 1 is 1.06 bits per heavy atom. The molecule has 0 saturated carbocycles. The quantitative estimate of drug-likeness (QED) is 0.681. The molecule has 0 aromatic heterocycles. The molecule has 0 saturated heterocycles. The molecular formula is C14H18O3. The Morgan fingerprint density at radius 2 is 1.76 bits per heavy atom. The van der Waals surface area contributed by atoms with E-state index in [1.54, 1.807) is 0 Å². The first-order chi connectivity index (χ1) is 8.22. The van der Waals surface area contributed by atoms with Gasteiger partial charge >= 0.3 is 5.97 Å². The number of rotatable bonds is 7. The summed E-state index contributed by atoms with van der Waals surface area (Å²) in [5.41, 5.74) is 0.959. The normalized spacial score (nSPS) is 9.94. The van der Waals surface area contributed by atoms with E-state index in [1.807, 2.05) is 37.3 Å². The zero-order valence-corrected chi connectivity index (χ0v) is 10.1. The van der Waals surface area contributed by atoms with Gasteiger partial charge in [-0.15, -0.1) is 0 Å². The Balaban J connectivity index is 2.20. The first kappa shape index (κ1) is 13.4. The standard InChI is InChI=1S/C14H18O3/c1-2-6-13(15)9-10-14(16)17-11-12-7-4-3-5-8-12/h3-5,7-8H,2,6,9-11H2,1H3. The van der Waals surface area contributed by atoms with Crippen molar-refractivity contribution in [1.82, 2.24) is 0 Å². The second-order valence-electron chi connectivity index (χ2n) is 3.93. The predicted molar refractivity (Wildman–Crippen MR) is 65.4 cm³/mol. The lowest BCUT2D eigenvalue weighted by Crippen LogP contribution is -2.07. The van der Waals surface area contributed by atoms with E-state index in [9.17, 15) is 9.59 Å². The van der Waals surface area contributed by atoms with Gasteiger partial charge in [-0.05, 0) is 12.0 Å². The summed E-state index contributed by atoms with van der Waals surface area (Å²) in [6.45, 7) is 2.23. The monoisotopic (exact) mass is 234 g/mol. The van der Waals surface area contributed by atoms with Crippen LogP contribution in [0.5, 0.6) is 0 Å². The molecule has 0 aliphatic rings. The molecule has 0 aliphatic carbocycles. The second-order valence-corrected chi connectivity index (χ2v) is 3.93. The van der Waals surface area contributed by atoms with Crippen LogP contribution in [0.1, 0.15) is 38.2 Å². The topological polar surface area (TPSA) is 43.4 Å². The maximum atomic E-state index is 11.4. The van der Waals surface area contributed by atoms with Crippen LogP contribution < -0.4 is 0 Å². The Kier molecular flexibility index (Phi) is 6.00. The van der Waals surface area contributed by atoms with Gasteiger partial charge in [-0.25, -0.2) is 0 Å². The third kappa shape index (κ3) is 5.85. The lowest BCUT2D eigenvalue weighted by atomic mass is 10.1. The number of ketones is 1. The Labute approximate surface area is 102 Å². The van der Waals surface area contributed by atoms with Gasteiger partial charge in [-0.2, -0.15) is 0 Å². The van der Waals surface area contributed by atoms with Crippen molar-refractivity contribution >= 4 is 11.8 Å². The molecule has 3 heteroatoms. The number of esters is 1. The molecule has 17 heavy (non-hydrogen) atoms. The van der Waals surface area contributed by atoms with E-state index < -0.39 is 0 Å². The largest absolute Gasteiger partial charge is 0.461 e. The highest BCUT2D eigenvalue weighted by molar-refractivity contribution is 5.82. The molecule has 0 fully saturated rings. The van der Waals surface area contributed by atoms with E-state index in [2.05, 4.69) is 0 Å². The lowest BCUT2D eigenvalue weighted by Gasteiger charge is -2.04. The number of hydrogen-bond donors (Lipinski definition) is 0. The first-order valence-corrected chi connectivity index (χ1v) is 5.93. The van der Waals surface area contributed by atoms with Gasteiger partial charge in [0.2, 0.25) is 0 Å². The molecule has 1 aromatic rings. The molecule has 1 aromatic carbocycles. The molecule has 0 bridgehead atoms. The zero-order valence-electron chi connectivity index (χ0n) is 10.1. The molecule has 92 valence electrons. The van der Waals surface area contributed by atoms with Crippen molar-refractivity contribution in [2.45, 2.75) is 39.2 Å². The number of ether oxygens (including phenoxy) is 1. The molecule has 0 unspecified atom stereocenters. The van der Waals surface area contributed by atoms with Crippen LogP contribution in [-0.4, -0.2) is 11.8 Å². The van der Waals surface area contributed by atoms with Crippen LogP contribution in [0.4, 0.5) is 0 Å². The lowest BCUT2D eigenvalue weighted by molar-refractivity contribution is -0.146. The predicted octanol–water partition coefficient (Wildman–Crippen LogP) is 2.88. The van der Waals surface area contributed by atoms with Gasteiger partial charge < -0.3 is 4.74 Å². The van der Waals surface area contributed by atoms with Crippen molar-refractivity contribution in [2.75, 3.05) is 0 Å². The van der Waals surface area contributed by atoms with Crippen molar-refractivity contribution in [2.24, 2.45) is 0 Å². The van der Waals surface area contributed by atoms with E-state index >= 15 is 0 Å². The van der Waals surface area contributed by atoms with Crippen LogP contribution in [0.2, 0.25) is 0 Å². The van der Waals surface area contributed by atoms with Crippen molar-refractivity contribution in [3.63, 3.8) is 0 Å². The fraction of sp³-hybridized carbons (Fsp3) is 0.429. The molecule has 3 nitrogen and oxygen atoms in total. The summed E-state index contributed by atoms with van der Waals surface area (Å²) in [4.78, 5) is 22.6. The van der Waals surface area contributed by atoms with Crippen molar-refractivity contribution < 1.29 is 14.3 Å². The molecular weight excluding hydrogens is 216 g/mol. The summed E-state index contributed by atoms with van der Waals surface area (Å²) in [5.74, 6) is -0.178. The fourth-order valence-corrected chi connectivity index (χ4v) is 1.46. The van der Waals surface area contributed by atoms with Gasteiger partial charge in [0, 0.05) is 12.8 Å². The highest BCUT2D eigenvalue weighted by Gasteiger charge is 2.07. The van der Waals surface area contributed by atoms with Crippen molar-refractivity contribution in [3.05, 3.63) is 35.9 Å². The van der Waals surface area contributed by atoms with Crippen LogP contribution >= 0.6 is 0 Å². The molecule has 0 N–H and O–H groups in total. The summed E-state index contributed by atoms with van der Waals surface area (Å²) >= 11 is 0. The maximum Gasteiger partial charge on any atom is 0.306 e. The smallest absolute Gasteiger partial charge is 0.306 e. The van der Waals surface area contributed by atoms with E-state index in [4.69, 9.17) is 4.74 Å². The van der Waals surface area contributed by atoms with E-state index in [1.165, 1.54) is 0 Å². The Bertz CT molecular complexity index is 357. The third-order valence-electron chi connectivity index (χ3n) is 2.38. The SMILES string of the molecule is CCCC(=O)CCC(=O)OCc1ccccc1. The molecule has 0 spiro atoms. The van der Waals surface area contributed by atoms with Gasteiger partial charge in [0.05, 0.1) is 6.42 Å². The minimum atomic E-state index is -0.307. The summed E-state index contributed by atoms with van der Waals surface area (Å²) in [6.07, 6.45) is 1.86. The van der Waals surface area contributed by atoms with Crippen molar-refractivity contribution in [3.8, 4) is 0 Å². The average molecular weight is 234 g/mol. The molecule has 0 atom stereocenters. The Hall–Kier alpha value is -1.64. The van der Waals surface area contributed by atoms with Gasteiger partial charge in [0.25, 0.3) is 0 Å². The van der Waals surface area contributed by atoms with Crippen LogP contribution in [0, 0.1) is 0 Å². The molecule has 0 heterocycles. The molecule has 0 aliphatic heterocycles. The summed E-state index contributed by atoms with van der Waals surface area (Å²) in [6, 6.07) is 9.50. The zero-order chi connectivity index (χ0) is 12.5. The maximum absolute atomic E-state index is 11.4. The number of carbonyl (C=O) groups is 2. The minimum absolute atomic E-state index is 0.129. The summed E-state index contributed by atoms with van der Waals surface area (Å²) in [5, 5.41) is 0. The highest BCUT2D eigenvalue weighted by Crippen LogP contribution is 2.04. The Morgan fingerprint density at radius 3 is 2.41 bits per heavy atom. The third-order valence-corrected chi connectivity index (χ3v) is 2.38. The minimum Gasteiger partial charge on any atom is -0.461 e. The van der Waals surface area contributed by atoms with Gasteiger partial charge in [-0.3, -0.25) is 9.59 Å². The number of benzene rings is 1. The summed E-state index contributed by atoms with van der Waals surface area (Å²) in [7, 11) is 0. The summed E-state index contributed by atoms with van der Waals surface area (Å²) < 4.78 is 5.07. The number of Topliss-reactive ketones (excluding diaryl/α,β-unsaturated/α-hetero) is 1. The van der Waals surface area contributed by atoms with E-state index in [0.717, 1.165) is 12.0 Å². The number of hydrogen-bond acceptors (Lipinski definition) is 3. The van der Waals surface area contributed by atoms with Crippen molar-refractivity contribution in [1.29, 1.82) is 0 Å².